The molecule has 1 fully saturated rings. The summed E-state index contributed by atoms with van der Waals surface area (Å²) in [6.07, 6.45) is 6.70. The van der Waals surface area contributed by atoms with E-state index in [1.54, 1.807) is 0 Å². The smallest absolute Gasteiger partial charge is 0.0718 e. The lowest BCUT2D eigenvalue weighted by molar-refractivity contribution is 0.0217. The third kappa shape index (κ3) is 7.05. The predicted octanol–water partition coefficient (Wildman–Crippen LogP) is 3.03. The second-order valence-electron chi connectivity index (χ2n) is 8.65. The third-order valence-corrected chi connectivity index (χ3v) is 4.17. The van der Waals surface area contributed by atoms with E-state index in [4.69, 9.17) is 0 Å². The van der Waals surface area contributed by atoms with Gasteiger partial charge in [-0.3, -0.25) is 0 Å². The van der Waals surface area contributed by atoms with Gasteiger partial charge in [-0.25, -0.2) is 0 Å². The van der Waals surface area contributed by atoms with Crippen LogP contribution in [0.3, 0.4) is 0 Å². The van der Waals surface area contributed by atoms with Crippen LogP contribution in [-0.2, 0) is 0 Å². The Morgan fingerprint density at radius 3 is 2.05 bits per heavy atom. The highest BCUT2D eigenvalue weighted by atomic mass is 16.3. The summed E-state index contributed by atoms with van der Waals surface area (Å²) >= 11 is 0. The maximum Gasteiger partial charge on any atom is 0.0718 e. The first-order chi connectivity index (χ1) is 9.02. The van der Waals surface area contributed by atoms with Gasteiger partial charge >= 0.3 is 0 Å². The zero-order valence-electron chi connectivity index (χ0n) is 14.6. The molecule has 0 aromatic carbocycles. The Bertz CT molecular complexity index is 282. The molecule has 0 saturated heterocycles. The summed E-state index contributed by atoms with van der Waals surface area (Å²) in [4.78, 5) is 2.32. The molecule has 1 saturated carbocycles. The first-order valence-electron chi connectivity index (χ1n) is 8.17. The van der Waals surface area contributed by atoms with E-state index in [2.05, 4.69) is 38.0 Å². The van der Waals surface area contributed by atoms with Crippen LogP contribution < -0.4 is 5.32 Å². The van der Waals surface area contributed by atoms with Gasteiger partial charge in [0, 0.05) is 25.2 Å². The molecule has 20 heavy (non-hydrogen) atoms. The Balaban J connectivity index is 2.63. The van der Waals surface area contributed by atoms with Crippen LogP contribution in [0.5, 0.6) is 0 Å². The van der Waals surface area contributed by atoms with Crippen LogP contribution in [0.15, 0.2) is 0 Å². The fraction of sp³-hybridized carbons (Fsp3) is 1.00. The van der Waals surface area contributed by atoms with Crippen LogP contribution in [0.2, 0.25) is 0 Å². The van der Waals surface area contributed by atoms with Crippen LogP contribution in [-0.4, -0.2) is 47.8 Å². The number of likely N-dealkylation sites (N-methyl/N-ethyl adjacent to an activating group) is 1. The molecular formula is C17H36N2O. The molecule has 0 spiro atoms. The molecule has 3 nitrogen and oxygen atoms in total. The van der Waals surface area contributed by atoms with Gasteiger partial charge in [-0.1, -0.05) is 19.3 Å². The lowest BCUT2D eigenvalue weighted by atomic mass is 9.73. The largest absolute Gasteiger partial charge is 0.389 e. The molecule has 1 aliphatic rings. The summed E-state index contributed by atoms with van der Waals surface area (Å²) in [6.45, 7) is 13.4. The van der Waals surface area contributed by atoms with Gasteiger partial charge in [0.1, 0.15) is 0 Å². The number of hydrogen-bond acceptors (Lipinski definition) is 3. The first kappa shape index (κ1) is 17.9. The molecule has 0 amide bonds. The Kier molecular flexibility index (Phi) is 6.06. The average molecular weight is 284 g/mol. The first-order valence-corrected chi connectivity index (χ1v) is 8.17. The summed E-state index contributed by atoms with van der Waals surface area (Å²) in [7, 11) is 2.14. The lowest BCUT2D eigenvalue weighted by Gasteiger charge is -2.43. The molecule has 1 rings (SSSR count). The van der Waals surface area contributed by atoms with Crippen molar-refractivity contribution in [3.63, 3.8) is 0 Å². The minimum absolute atomic E-state index is 0.180. The molecule has 0 unspecified atom stereocenters. The van der Waals surface area contributed by atoms with E-state index >= 15 is 0 Å². The van der Waals surface area contributed by atoms with Gasteiger partial charge in [0.15, 0.2) is 0 Å². The van der Waals surface area contributed by atoms with Crippen molar-refractivity contribution >= 4 is 0 Å². The van der Waals surface area contributed by atoms with Crippen molar-refractivity contribution in [1.29, 1.82) is 0 Å². The summed E-state index contributed by atoms with van der Waals surface area (Å²) in [5.74, 6) is 0. The number of hydrogen-bond donors (Lipinski definition) is 2. The molecule has 1 aliphatic carbocycles. The van der Waals surface area contributed by atoms with Gasteiger partial charge in [0.25, 0.3) is 0 Å². The van der Waals surface area contributed by atoms with Crippen LogP contribution in [0.25, 0.3) is 0 Å². The average Bonchev–Trinajstić information content (AvgIpc) is 2.24. The maximum absolute atomic E-state index is 10.0. The molecule has 3 heteroatoms. The van der Waals surface area contributed by atoms with E-state index in [1.165, 1.54) is 32.1 Å². The Hall–Kier alpha value is -0.120. The predicted molar refractivity (Wildman–Crippen MR) is 87.1 cm³/mol. The van der Waals surface area contributed by atoms with Crippen molar-refractivity contribution < 1.29 is 5.11 Å². The van der Waals surface area contributed by atoms with E-state index in [1.807, 2.05) is 13.8 Å². The van der Waals surface area contributed by atoms with Gasteiger partial charge in [-0.2, -0.15) is 0 Å². The minimum Gasteiger partial charge on any atom is -0.389 e. The highest BCUT2D eigenvalue weighted by Crippen LogP contribution is 2.37. The van der Waals surface area contributed by atoms with Crippen molar-refractivity contribution in [3.8, 4) is 0 Å². The highest BCUT2D eigenvalue weighted by molar-refractivity contribution is 4.90. The molecule has 0 aromatic rings. The van der Waals surface area contributed by atoms with Crippen molar-refractivity contribution in [2.24, 2.45) is 5.41 Å². The van der Waals surface area contributed by atoms with E-state index < -0.39 is 5.60 Å². The van der Waals surface area contributed by atoms with Crippen molar-refractivity contribution in [3.05, 3.63) is 0 Å². The van der Waals surface area contributed by atoms with E-state index in [0.29, 0.717) is 5.41 Å². The fourth-order valence-electron chi connectivity index (χ4n) is 3.43. The molecule has 0 atom stereocenters. The van der Waals surface area contributed by atoms with Crippen LogP contribution in [0, 0.1) is 5.41 Å². The molecule has 0 bridgehead atoms. The molecule has 0 heterocycles. The van der Waals surface area contributed by atoms with Crippen LogP contribution >= 0.6 is 0 Å². The number of rotatable bonds is 6. The summed E-state index contributed by atoms with van der Waals surface area (Å²) in [5, 5.41) is 13.7. The molecule has 0 radical (unpaired) electrons. The monoisotopic (exact) mass is 284 g/mol. The highest BCUT2D eigenvalue weighted by Gasteiger charge is 2.34. The second-order valence-corrected chi connectivity index (χ2v) is 8.65. The van der Waals surface area contributed by atoms with E-state index in [0.717, 1.165) is 19.6 Å². The molecular weight excluding hydrogens is 248 g/mol. The SMILES string of the molecule is CN(CC(C)(C)O)CC1(CNC(C)(C)C)CCCCC1. The topological polar surface area (TPSA) is 35.5 Å². The zero-order valence-corrected chi connectivity index (χ0v) is 14.6. The normalized spacial score (nSPS) is 20.4. The molecule has 0 aliphatic heterocycles. The van der Waals surface area contributed by atoms with Gasteiger partial charge in [-0.15, -0.1) is 0 Å². The van der Waals surface area contributed by atoms with Crippen LogP contribution in [0.4, 0.5) is 0 Å². The number of aliphatic hydroxyl groups is 1. The van der Waals surface area contributed by atoms with Crippen molar-refractivity contribution in [1.82, 2.24) is 10.2 Å². The van der Waals surface area contributed by atoms with Crippen molar-refractivity contribution in [2.45, 2.75) is 77.9 Å². The van der Waals surface area contributed by atoms with Gasteiger partial charge in [-0.05, 0) is 59.9 Å². The van der Waals surface area contributed by atoms with Crippen LogP contribution in [0.1, 0.15) is 66.7 Å². The summed E-state index contributed by atoms with van der Waals surface area (Å²) in [6, 6.07) is 0. The standard InChI is InChI=1S/C17H36N2O/c1-15(2,3)18-12-17(10-8-7-9-11-17)14-19(6)13-16(4,5)20/h18,20H,7-14H2,1-6H3. The zero-order chi connectivity index (χ0) is 15.4. The van der Waals surface area contributed by atoms with Gasteiger partial charge in [0.2, 0.25) is 0 Å². The molecule has 120 valence electrons. The quantitative estimate of drug-likeness (QED) is 0.787. The van der Waals surface area contributed by atoms with Gasteiger partial charge < -0.3 is 15.3 Å². The summed E-state index contributed by atoms with van der Waals surface area (Å²) < 4.78 is 0. The number of nitrogens with one attached hydrogen (secondary N) is 1. The van der Waals surface area contributed by atoms with Gasteiger partial charge in [0.05, 0.1) is 5.60 Å². The van der Waals surface area contributed by atoms with E-state index in [9.17, 15) is 5.11 Å². The van der Waals surface area contributed by atoms with Crippen molar-refractivity contribution in [2.75, 3.05) is 26.7 Å². The third-order valence-electron chi connectivity index (χ3n) is 4.17. The Labute approximate surface area is 126 Å². The Morgan fingerprint density at radius 1 is 1.05 bits per heavy atom. The molecule has 2 N–H and O–H groups in total. The minimum atomic E-state index is -0.609. The Morgan fingerprint density at radius 2 is 1.60 bits per heavy atom. The molecule has 0 aromatic heterocycles. The second kappa shape index (κ2) is 6.76. The van der Waals surface area contributed by atoms with E-state index in [-0.39, 0.29) is 5.54 Å². The fourth-order valence-corrected chi connectivity index (χ4v) is 3.43. The maximum atomic E-state index is 10.0. The lowest BCUT2D eigenvalue weighted by Crippen LogP contribution is -2.50. The summed E-state index contributed by atoms with van der Waals surface area (Å²) in [5.41, 5.74) is -0.0487. The number of nitrogens with zero attached hydrogens (tertiary/aromatic N) is 1.